The maximum Gasteiger partial charge on any atom is 0.257 e. The van der Waals surface area contributed by atoms with Crippen molar-refractivity contribution in [1.29, 1.82) is 0 Å². The molecular formula is C12H21N5OS. The van der Waals surface area contributed by atoms with Crippen LogP contribution in [0.2, 0.25) is 0 Å². The summed E-state index contributed by atoms with van der Waals surface area (Å²) in [5.41, 5.74) is 6.23. The molecule has 6 nitrogen and oxygen atoms in total. The van der Waals surface area contributed by atoms with E-state index in [9.17, 15) is 4.79 Å². The lowest BCUT2D eigenvalue weighted by atomic mass is 9.99. The van der Waals surface area contributed by atoms with E-state index in [1.54, 1.807) is 7.05 Å². The van der Waals surface area contributed by atoms with Crippen molar-refractivity contribution in [2.45, 2.75) is 31.8 Å². The second kappa shape index (κ2) is 5.75. The lowest BCUT2D eigenvalue weighted by molar-refractivity contribution is 0.0965. The number of hydrogen-bond donors (Lipinski definition) is 3. The largest absolute Gasteiger partial charge is 0.382 e. The predicted octanol–water partition coefficient (Wildman–Crippen LogP) is 0.979. The van der Waals surface area contributed by atoms with E-state index in [1.165, 1.54) is 11.5 Å². The van der Waals surface area contributed by atoms with Gasteiger partial charge in [0, 0.05) is 25.7 Å². The van der Waals surface area contributed by atoms with E-state index in [0.717, 1.165) is 24.4 Å². The zero-order valence-electron chi connectivity index (χ0n) is 11.6. The summed E-state index contributed by atoms with van der Waals surface area (Å²) in [7, 11) is 3.74. The van der Waals surface area contributed by atoms with Crippen LogP contribution in [0.25, 0.3) is 0 Å². The van der Waals surface area contributed by atoms with E-state index in [4.69, 9.17) is 5.73 Å². The molecule has 0 saturated carbocycles. The summed E-state index contributed by atoms with van der Waals surface area (Å²) in [4.78, 5) is 14.1. The van der Waals surface area contributed by atoms with Gasteiger partial charge in [0.2, 0.25) is 0 Å². The van der Waals surface area contributed by atoms with Gasteiger partial charge >= 0.3 is 0 Å². The third-order valence-corrected chi connectivity index (χ3v) is 4.51. The molecule has 106 valence electrons. The monoisotopic (exact) mass is 283 g/mol. The minimum Gasteiger partial charge on any atom is -0.382 e. The molecule has 1 aromatic rings. The van der Waals surface area contributed by atoms with Crippen molar-refractivity contribution >= 4 is 28.3 Å². The molecule has 1 amide bonds. The van der Waals surface area contributed by atoms with Crippen molar-refractivity contribution in [3.63, 3.8) is 0 Å². The molecule has 0 aliphatic carbocycles. The van der Waals surface area contributed by atoms with Gasteiger partial charge in [-0.3, -0.25) is 4.79 Å². The van der Waals surface area contributed by atoms with Gasteiger partial charge in [-0.25, -0.2) is 0 Å². The van der Waals surface area contributed by atoms with E-state index in [2.05, 4.69) is 33.9 Å². The number of rotatable bonds is 3. The Morgan fingerprint density at radius 3 is 2.95 bits per heavy atom. The molecule has 1 fully saturated rings. The first-order valence-corrected chi connectivity index (χ1v) is 7.24. The fraction of sp³-hybridized carbons (Fsp3) is 0.667. The van der Waals surface area contributed by atoms with Gasteiger partial charge in [0.25, 0.3) is 5.91 Å². The molecule has 0 bridgehead atoms. The van der Waals surface area contributed by atoms with Crippen molar-refractivity contribution in [3.05, 3.63) is 5.56 Å². The number of nitrogens with one attached hydrogen (secondary N) is 2. The number of carbonyl (C=O) groups excluding carboxylic acids is 1. The van der Waals surface area contributed by atoms with Crippen LogP contribution in [0.1, 0.15) is 30.1 Å². The second-order valence-electron chi connectivity index (χ2n) is 5.05. The van der Waals surface area contributed by atoms with Gasteiger partial charge in [-0.05, 0) is 38.3 Å². The van der Waals surface area contributed by atoms with Crippen LogP contribution in [0.15, 0.2) is 0 Å². The molecule has 19 heavy (non-hydrogen) atoms. The summed E-state index contributed by atoms with van der Waals surface area (Å²) in [6, 6.07) is 0.912. The van der Waals surface area contributed by atoms with Crippen LogP contribution in [-0.4, -0.2) is 47.9 Å². The third-order valence-electron chi connectivity index (χ3n) is 3.72. The normalized spacial score (nSPS) is 24.2. The zero-order valence-corrected chi connectivity index (χ0v) is 12.4. The summed E-state index contributed by atoms with van der Waals surface area (Å²) < 4.78 is 4.07. The van der Waals surface area contributed by atoms with Crippen LogP contribution in [0, 0.1) is 0 Å². The molecule has 1 aliphatic heterocycles. The van der Waals surface area contributed by atoms with E-state index < -0.39 is 0 Å². The van der Waals surface area contributed by atoms with Crippen LogP contribution in [-0.2, 0) is 0 Å². The fourth-order valence-electron chi connectivity index (χ4n) is 2.35. The highest BCUT2D eigenvalue weighted by molar-refractivity contribution is 7.11. The topological polar surface area (TPSA) is 83.3 Å². The maximum absolute atomic E-state index is 11.8. The molecule has 0 aromatic carbocycles. The van der Waals surface area contributed by atoms with Gasteiger partial charge in [0.15, 0.2) is 5.82 Å². The highest BCUT2D eigenvalue weighted by Gasteiger charge is 2.25. The second-order valence-corrected chi connectivity index (χ2v) is 5.82. The van der Waals surface area contributed by atoms with E-state index >= 15 is 0 Å². The summed E-state index contributed by atoms with van der Waals surface area (Å²) in [6.45, 7) is 3.27. The molecule has 2 heterocycles. The first-order valence-electron chi connectivity index (χ1n) is 6.47. The maximum atomic E-state index is 11.8. The average molecular weight is 283 g/mol. The predicted molar refractivity (Wildman–Crippen MR) is 78.7 cm³/mol. The minimum atomic E-state index is -0.185. The van der Waals surface area contributed by atoms with Crippen LogP contribution >= 0.6 is 11.5 Å². The highest BCUT2D eigenvalue weighted by Crippen LogP contribution is 2.29. The van der Waals surface area contributed by atoms with Crippen molar-refractivity contribution in [1.82, 2.24) is 14.6 Å². The Balaban J connectivity index is 2.09. The van der Waals surface area contributed by atoms with Gasteiger partial charge < -0.3 is 21.3 Å². The minimum absolute atomic E-state index is 0.185. The molecular weight excluding hydrogens is 262 g/mol. The summed E-state index contributed by atoms with van der Waals surface area (Å²) >= 11 is 1.25. The molecule has 4 N–H and O–H groups in total. The van der Waals surface area contributed by atoms with Crippen LogP contribution in [0.5, 0.6) is 0 Å². The molecule has 2 atom stereocenters. The van der Waals surface area contributed by atoms with Crippen molar-refractivity contribution in [2.24, 2.45) is 0 Å². The summed E-state index contributed by atoms with van der Waals surface area (Å²) in [5.74, 6) is 0.113. The van der Waals surface area contributed by atoms with Gasteiger partial charge in [-0.2, -0.15) is 4.37 Å². The Morgan fingerprint density at radius 1 is 1.58 bits per heavy atom. The molecule has 1 saturated heterocycles. The number of nitrogens with two attached hydrogens (primary N) is 1. The number of amides is 1. The third kappa shape index (κ3) is 2.98. The number of aromatic nitrogens is 1. The number of anilines is 2. The quantitative estimate of drug-likeness (QED) is 0.770. The van der Waals surface area contributed by atoms with Gasteiger partial charge in [0.1, 0.15) is 10.6 Å². The molecule has 0 spiro atoms. The van der Waals surface area contributed by atoms with Gasteiger partial charge in [-0.15, -0.1) is 0 Å². The summed E-state index contributed by atoms with van der Waals surface area (Å²) in [5, 5.41) is 6.80. The number of likely N-dealkylation sites (tertiary alicyclic amines) is 1. The van der Waals surface area contributed by atoms with Crippen molar-refractivity contribution < 1.29 is 4.79 Å². The zero-order chi connectivity index (χ0) is 14.0. The van der Waals surface area contributed by atoms with E-state index in [-0.39, 0.29) is 5.91 Å². The first kappa shape index (κ1) is 14.1. The van der Waals surface area contributed by atoms with E-state index in [0.29, 0.717) is 23.5 Å². The Kier molecular flexibility index (Phi) is 4.26. The SMILES string of the molecule is CNC(=O)c1c(N)nsc1NC1CCN(C)C(C)C1. The first-order chi connectivity index (χ1) is 9.02. The molecule has 1 aliphatic rings. The van der Waals surface area contributed by atoms with Crippen LogP contribution in [0.3, 0.4) is 0 Å². The number of nitrogens with zero attached hydrogens (tertiary/aromatic N) is 2. The number of carbonyl (C=O) groups is 1. The Bertz CT molecular complexity index is 461. The Labute approximate surface area is 117 Å². The van der Waals surface area contributed by atoms with Gasteiger partial charge in [0.05, 0.1) is 0 Å². The van der Waals surface area contributed by atoms with E-state index in [1.807, 2.05) is 0 Å². The van der Waals surface area contributed by atoms with Gasteiger partial charge in [-0.1, -0.05) is 0 Å². The highest BCUT2D eigenvalue weighted by atomic mass is 32.1. The molecule has 1 aromatic heterocycles. The molecule has 7 heteroatoms. The number of nitrogen functional groups attached to an aromatic ring is 1. The van der Waals surface area contributed by atoms with Crippen molar-refractivity contribution in [2.75, 3.05) is 31.7 Å². The van der Waals surface area contributed by atoms with Crippen LogP contribution < -0.4 is 16.4 Å². The Hall–Kier alpha value is -1.34. The van der Waals surface area contributed by atoms with Crippen LogP contribution in [0.4, 0.5) is 10.8 Å². The number of piperidine rings is 1. The standard InChI is InChI=1S/C12H21N5OS/c1-7-6-8(4-5-17(7)3)15-12-9(11(18)14-2)10(13)16-19-12/h7-8,15H,4-6H2,1-3H3,(H2,13,16)(H,14,18). The fourth-order valence-corrected chi connectivity index (χ4v) is 3.14. The molecule has 2 unspecified atom stereocenters. The number of hydrogen-bond acceptors (Lipinski definition) is 6. The summed E-state index contributed by atoms with van der Waals surface area (Å²) in [6.07, 6.45) is 2.12. The molecule has 2 rings (SSSR count). The Morgan fingerprint density at radius 2 is 2.32 bits per heavy atom. The lowest BCUT2D eigenvalue weighted by Crippen LogP contribution is -2.42. The smallest absolute Gasteiger partial charge is 0.257 e. The van der Waals surface area contributed by atoms with Crippen molar-refractivity contribution in [3.8, 4) is 0 Å². The molecule has 0 radical (unpaired) electrons. The lowest BCUT2D eigenvalue weighted by Gasteiger charge is -2.35. The average Bonchev–Trinajstić information content (AvgIpc) is 2.74.